The molecule has 0 saturated carbocycles. The molecule has 0 saturated heterocycles. The molecule has 176 valence electrons. The Morgan fingerprint density at radius 3 is 2.56 bits per heavy atom. The van der Waals surface area contributed by atoms with Gasteiger partial charge in [0.2, 0.25) is 0 Å². The lowest BCUT2D eigenvalue weighted by atomic mass is 9.95. The molecule has 3 N–H and O–H groups in total. The molecule has 8 nitrogen and oxygen atoms in total. The van der Waals surface area contributed by atoms with Crippen LogP contribution in [0.2, 0.25) is 0 Å². The van der Waals surface area contributed by atoms with Gasteiger partial charge < -0.3 is 15.8 Å². The number of halogens is 1. The molecule has 2 heterocycles. The molecular weight excluding hydrogens is 459 g/mol. The minimum Gasteiger partial charge on any atom is -0.451 e. The molecule has 0 atom stereocenters. The maximum atomic E-state index is 13.4. The minimum atomic E-state index is -0.696. The summed E-state index contributed by atoms with van der Waals surface area (Å²) in [5.74, 6) is -2.18. The number of nitrogens with two attached hydrogens (primary N) is 1. The number of amides is 2. The van der Waals surface area contributed by atoms with Crippen LogP contribution in [0, 0.1) is 5.82 Å². The lowest BCUT2D eigenvalue weighted by Crippen LogP contribution is -2.23. The summed E-state index contributed by atoms with van der Waals surface area (Å²) in [4.78, 5) is 38.3. The molecule has 2 amide bonds. The van der Waals surface area contributed by atoms with Gasteiger partial charge in [0.05, 0.1) is 11.3 Å². The molecule has 10 heteroatoms. The second-order valence-electron chi connectivity index (χ2n) is 8.42. The van der Waals surface area contributed by atoms with E-state index in [0.29, 0.717) is 22.7 Å². The highest BCUT2D eigenvalue weighted by atomic mass is 32.1. The van der Waals surface area contributed by atoms with Crippen LogP contribution >= 0.6 is 11.3 Å². The standard InChI is InChI=1S/C24H23FN4O4S/c25-13-8-10-14(11-9-13)29-17-6-2-1-4-15(17)21(28-29)24(32)33-12-19(30)27-23-20(22(26)31)16-5-3-7-18(16)34-23/h8-11H,1-7,12H2,(H2,26,31)(H,27,30). The van der Waals surface area contributed by atoms with Crippen molar-refractivity contribution in [3.05, 3.63) is 63.0 Å². The van der Waals surface area contributed by atoms with Gasteiger partial charge in [-0.2, -0.15) is 5.10 Å². The Kier molecular flexibility index (Phi) is 5.91. The van der Waals surface area contributed by atoms with Crippen LogP contribution in [0.3, 0.4) is 0 Å². The highest BCUT2D eigenvalue weighted by Gasteiger charge is 2.28. The number of thiophene rings is 1. The van der Waals surface area contributed by atoms with Crippen LogP contribution in [0.1, 0.15) is 61.8 Å². The molecule has 34 heavy (non-hydrogen) atoms. The van der Waals surface area contributed by atoms with Crippen LogP contribution in [-0.2, 0) is 35.2 Å². The lowest BCUT2D eigenvalue weighted by Gasteiger charge is -2.14. The quantitative estimate of drug-likeness (QED) is 0.523. The van der Waals surface area contributed by atoms with Crippen molar-refractivity contribution in [2.75, 3.05) is 11.9 Å². The van der Waals surface area contributed by atoms with Crippen LogP contribution in [0.4, 0.5) is 9.39 Å². The lowest BCUT2D eigenvalue weighted by molar-refractivity contribution is -0.119. The van der Waals surface area contributed by atoms with Crippen molar-refractivity contribution >= 4 is 34.1 Å². The largest absolute Gasteiger partial charge is 0.451 e. The third-order valence-electron chi connectivity index (χ3n) is 6.20. The van der Waals surface area contributed by atoms with E-state index in [1.165, 1.54) is 23.5 Å². The fourth-order valence-corrected chi connectivity index (χ4v) is 5.98. The summed E-state index contributed by atoms with van der Waals surface area (Å²) < 4.78 is 20.3. The van der Waals surface area contributed by atoms with Gasteiger partial charge in [-0.3, -0.25) is 9.59 Å². The molecule has 0 spiro atoms. The first-order valence-electron chi connectivity index (χ1n) is 11.2. The Hall–Kier alpha value is -3.53. The van der Waals surface area contributed by atoms with Crippen LogP contribution in [0.25, 0.3) is 5.69 Å². The van der Waals surface area contributed by atoms with E-state index in [1.807, 2.05) is 0 Å². The molecule has 3 aromatic rings. The zero-order valence-electron chi connectivity index (χ0n) is 18.4. The third kappa shape index (κ3) is 4.09. The molecule has 5 rings (SSSR count). The van der Waals surface area contributed by atoms with Gasteiger partial charge in [0, 0.05) is 16.1 Å². The van der Waals surface area contributed by atoms with Crippen molar-refractivity contribution in [3.8, 4) is 5.69 Å². The number of carbonyl (C=O) groups is 3. The summed E-state index contributed by atoms with van der Waals surface area (Å²) in [7, 11) is 0. The molecule has 0 radical (unpaired) electrons. The first-order valence-corrected chi connectivity index (χ1v) is 12.0. The van der Waals surface area contributed by atoms with Gasteiger partial charge in [-0.1, -0.05) is 0 Å². The second kappa shape index (κ2) is 9.02. The Bertz CT molecular complexity index is 1300. The number of hydrogen-bond donors (Lipinski definition) is 2. The van der Waals surface area contributed by atoms with E-state index in [9.17, 15) is 18.8 Å². The second-order valence-corrected chi connectivity index (χ2v) is 9.52. The zero-order valence-corrected chi connectivity index (χ0v) is 19.2. The third-order valence-corrected chi connectivity index (χ3v) is 7.41. The monoisotopic (exact) mass is 482 g/mol. The SMILES string of the molecule is NC(=O)c1c(NC(=O)COC(=O)c2nn(-c3ccc(F)cc3)c3c2CCCC3)sc2c1CCC2. The smallest absolute Gasteiger partial charge is 0.359 e. The summed E-state index contributed by atoms with van der Waals surface area (Å²) >= 11 is 1.34. The summed E-state index contributed by atoms with van der Waals surface area (Å²) in [6.45, 7) is -0.516. The molecule has 0 fully saturated rings. The maximum Gasteiger partial charge on any atom is 0.359 e. The fourth-order valence-electron chi connectivity index (χ4n) is 4.67. The van der Waals surface area contributed by atoms with Crippen molar-refractivity contribution in [1.29, 1.82) is 0 Å². The maximum absolute atomic E-state index is 13.4. The molecule has 1 aromatic carbocycles. The van der Waals surface area contributed by atoms with E-state index < -0.39 is 24.4 Å². The fraction of sp³-hybridized carbons (Fsp3) is 0.333. The molecular formula is C24H23FN4O4S. The van der Waals surface area contributed by atoms with Crippen LogP contribution in [0.5, 0.6) is 0 Å². The van der Waals surface area contributed by atoms with Crippen LogP contribution in [-0.4, -0.2) is 34.2 Å². The van der Waals surface area contributed by atoms with Crippen molar-refractivity contribution in [2.45, 2.75) is 44.9 Å². The summed E-state index contributed by atoms with van der Waals surface area (Å²) in [5.41, 5.74) is 9.30. The average molecular weight is 483 g/mol. The predicted molar refractivity (Wildman–Crippen MR) is 124 cm³/mol. The van der Waals surface area contributed by atoms with Gasteiger partial charge in [0.15, 0.2) is 12.3 Å². The van der Waals surface area contributed by atoms with Gasteiger partial charge >= 0.3 is 5.97 Å². The number of aryl methyl sites for hydroxylation is 1. The number of nitrogens with zero attached hydrogens (tertiary/aromatic N) is 2. The molecule has 0 unspecified atom stereocenters. The minimum absolute atomic E-state index is 0.166. The molecule has 0 aliphatic heterocycles. The number of ether oxygens (including phenoxy) is 1. The van der Waals surface area contributed by atoms with Crippen molar-refractivity contribution in [3.63, 3.8) is 0 Å². The van der Waals surface area contributed by atoms with E-state index >= 15 is 0 Å². The van der Waals surface area contributed by atoms with Gasteiger partial charge in [0.25, 0.3) is 11.8 Å². The number of carbonyl (C=O) groups excluding carboxylic acids is 3. The number of benzene rings is 1. The van der Waals surface area contributed by atoms with E-state index in [0.717, 1.165) is 60.2 Å². The zero-order chi connectivity index (χ0) is 23.8. The number of anilines is 1. The predicted octanol–water partition coefficient (Wildman–Crippen LogP) is 3.33. The number of fused-ring (bicyclic) bond motifs is 2. The Balaban J connectivity index is 1.31. The van der Waals surface area contributed by atoms with Gasteiger partial charge in [-0.05, 0) is 74.8 Å². The topological polar surface area (TPSA) is 116 Å². The van der Waals surface area contributed by atoms with E-state index in [2.05, 4.69) is 10.4 Å². The van der Waals surface area contributed by atoms with Crippen LogP contribution in [0.15, 0.2) is 24.3 Å². The van der Waals surface area contributed by atoms with Crippen molar-refractivity contribution in [1.82, 2.24) is 9.78 Å². The van der Waals surface area contributed by atoms with Crippen molar-refractivity contribution in [2.24, 2.45) is 5.73 Å². The number of rotatable bonds is 6. The Morgan fingerprint density at radius 1 is 1.06 bits per heavy atom. The van der Waals surface area contributed by atoms with Gasteiger partial charge in [-0.25, -0.2) is 13.9 Å². The van der Waals surface area contributed by atoms with Gasteiger partial charge in [0.1, 0.15) is 10.8 Å². The molecule has 0 bridgehead atoms. The first kappa shape index (κ1) is 22.3. The number of primary amides is 1. The molecule has 2 aliphatic rings. The Labute approximate surface area is 198 Å². The molecule has 2 aliphatic carbocycles. The van der Waals surface area contributed by atoms with E-state index in [-0.39, 0.29) is 11.5 Å². The number of hydrogen-bond acceptors (Lipinski definition) is 6. The van der Waals surface area contributed by atoms with E-state index in [1.54, 1.807) is 16.8 Å². The van der Waals surface area contributed by atoms with Crippen molar-refractivity contribution < 1.29 is 23.5 Å². The number of aromatic nitrogens is 2. The number of esters is 1. The summed E-state index contributed by atoms with van der Waals surface area (Å²) in [6, 6.07) is 5.90. The van der Waals surface area contributed by atoms with E-state index in [4.69, 9.17) is 10.5 Å². The highest BCUT2D eigenvalue weighted by molar-refractivity contribution is 7.17. The normalized spacial score (nSPS) is 14.4. The first-order chi connectivity index (χ1) is 16.4. The highest BCUT2D eigenvalue weighted by Crippen LogP contribution is 2.38. The summed E-state index contributed by atoms with van der Waals surface area (Å²) in [6.07, 6.45) is 5.87. The van der Waals surface area contributed by atoms with Crippen LogP contribution < -0.4 is 11.1 Å². The number of nitrogens with one attached hydrogen (secondary N) is 1. The van der Waals surface area contributed by atoms with Gasteiger partial charge in [-0.15, -0.1) is 11.3 Å². The average Bonchev–Trinajstić information content (AvgIpc) is 3.51. The summed E-state index contributed by atoms with van der Waals surface area (Å²) in [5, 5.41) is 7.52. The molecule has 2 aromatic heterocycles. The Morgan fingerprint density at radius 2 is 1.79 bits per heavy atom.